The summed E-state index contributed by atoms with van der Waals surface area (Å²) in [6, 6.07) is 63.7. The van der Waals surface area contributed by atoms with Crippen LogP contribution in [0.3, 0.4) is 0 Å². The van der Waals surface area contributed by atoms with E-state index in [0.29, 0.717) is 0 Å². The number of benzene rings is 8. The van der Waals surface area contributed by atoms with Gasteiger partial charge < -0.3 is 20.4 Å². The maximum absolute atomic E-state index is 9.85. The van der Waals surface area contributed by atoms with Gasteiger partial charge in [-0.15, -0.1) is 0 Å². The summed E-state index contributed by atoms with van der Waals surface area (Å²) in [4.78, 5) is 0. The van der Waals surface area contributed by atoms with Crippen molar-refractivity contribution in [1.29, 1.82) is 0 Å². The summed E-state index contributed by atoms with van der Waals surface area (Å²) in [7, 11) is 0. The molecule has 8 aromatic rings. The Balaban J connectivity index is 0.000000163. The molecule has 0 atom stereocenters. The van der Waals surface area contributed by atoms with Crippen molar-refractivity contribution < 1.29 is 20.4 Å². The Labute approximate surface area is 341 Å². The first-order valence-electron chi connectivity index (χ1n) is 20.0. The Hall–Kier alpha value is -7.04. The normalized spacial score (nSPS) is 13.0. The minimum Gasteiger partial charge on any atom is -0.508 e. The molecule has 0 aromatic heterocycles. The maximum Gasteiger partial charge on any atom is 0.115 e. The molecule has 0 saturated heterocycles. The number of hydrogen-bond acceptors (Lipinski definition) is 4. The van der Waals surface area contributed by atoms with Gasteiger partial charge in [-0.1, -0.05) is 173 Å². The van der Waals surface area contributed by atoms with Crippen molar-refractivity contribution in [3.05, 3.63) is 239 Å². The summed E-state index contributed by atoms with van der Waals surface area (Å²) in [6.45, 7) is 8.00. The average Bonchev–Trinajstić information content (AvgIpc) is 3.75. The van der Waals surface area contributed by atoms with Crippen LogP contribution in [0.15, 0.2) is 194 Å². The Kier molecular flexibility index (Phi) is 11.2. The summed E-state index contributed by atoms with van der Waals surface area (Å²) in [5.41, 5.74) is 13.1. The molecule has 0 bridgehead atoms. The molecule has 0 heterocycles. The van der Waals surface area contributed by atoms with Gasteiger partial charge in [0.25, 0.3) is 0 Å². The highest BCUT2D eigenvalue weighted by molar-refractivity contribution is 5.87. The Morgan fingerprint density at radius 3 is 0.603 bits per heavy atom. The standard InChI is InChI=1S/2C25H18O2.2C2H6/c2*26-19-13-9-17(10-14-19)25(18-11-15-20(27)16-12-18)23-7-3-1-5-21(23)22-6-2-4-8-24(22)25;2*1-2/h2*1-16,26-27H;2*1-2H3. The largest absolute Gasteiger partial charge is 0.508 e. The first kappa shape index (κ1) is 39.2. The predicted molar refractivity (Wildman–Crippen MR) is 237 cm³/mol. The SMILES string of the molecule is CC.CC.Oc1ccc(C2(c3ccc(O)cc3)c3ccccc3-c3ccccc32)cc1.Oc1ccc(C2(c3ccc(O)cc3)c3ccccc3-c3ccccc32)cc1. The van der Waals surface area contributed by atoms with Crippen molar-refractivity contribution in [3.63, 3.8) is 0 Å². The van der Waals surface area contributed by atoms with Crippen molar-refractivity contribution in [1.82, 2.24) is 0 Å². The monoisotopic (exact) mass is 760 g/mol. The van der Waals surface area contributed by atoms with Gasteiger partial charge in [0.05, 0.1) is 10.8 Å². The van der Waals surface area contributed by atoms with Gasteiger partial charge in [0.15, 0.2) is 0 Å². The van der Waals surface area contributed by atoms with Crippen LogP contribution in [0.2, 0.25) is 0 Å². The van der Waals surface area contributed by atoms with E-state index in [2.05, 4.69) is 97.1 Å². The predicted octanol–water partition coefficient (Wildman–Crippen LogP) is 13.0. The van der Waals surface area contributed by atoms with Crippen LogP contribution in [0.5, 0.6) is 23.0 Å². The summed E-state index contributed by atoms with van der Waals surface area (Å²) < 4.78 is 0. The molecule has 2 aliphatic rings. The van der Waals surface area contributed by atoms with Crippen LogP contribution < -0.4 is 0 Å². The van der Waals surface area contributed by atoms with E-state index < -0.39 is 10.8 Å². The van der Waals surface area contributed by atoms with E-state index >= 15 is 0 Å². The molecule has 0 radical (unpaired) electrons. The topological polar surface area (TPSA) is 80.9 Å². The summed E-state index contributed by atoms with van der Waals surface area (Å²) in [6.07, 6.45) is 0. The molecule has 0 fully saturated rings. The zero-order valence-corrected chi connectivity index (χ0v) is 33.3. The second kappa shape index (κ2) is 16.6. The van der Waals surface area contributed by atoms with Gasteiger partial charge in [-0.05, 0) is 115 Å². The fraction of sp³-hybridized carbons (Fsp3) is 0.111. The number of phenolic OH excluding ortho intramolecular Hbond substituents is 4. The van der Waals surface area contributed by atoms with E-state index in [0.717, 1.165) is 22.3 Å². The third-order valence-electron chi connectivity index (χ3n) is 11.1. The Morgan fingerprint density at radius 2 is 0.414 bits per heavy atom. The zero-order valence-electron chi connectivity index (χ0n) is 33.3. The molecule has 0 amide bonds. The highest BCUT2D eigenvalue weighted by Crippen LogP contribution is 2.57. The smallest absolute Gasteiger partial charge is 0.115 e. The number of hydrogen-bond donors (Lipinski definition) is 4. The molecule has 0 saturated carbocycles. The van der Waals surface area contributed by atoms with Crippen LogP contribution in [-0.2, 0) is 10.8 Å². The van der Waals surface area contributed by atoms with Gasteiger partial charge in [-0.2, -0.15) is 0 Å². The third kappa shape index (κ3) is 6.37. The second-order valence-electron chi connectivity index (χ2n) is 13.9. The first-order chi connectivity index (χ1) is 28.4. The second-order valence-corrected chi connectivity index (χ2v) is 13.9. The van der Waals surface area contributed by atoms with Crippen LogP contribution in [0, 0.1) is 0 Å². The summed E-state index contributed by atoms with van der Waals surface area (Å²) in [5, 5.41) is 39.4. The first-order valence-corrected chi connectivity index (χ1v) is 20.0. The zero-order chi connectivity index (χ0) is 40.9. The van der Waals surface area contributed by atoms with Crippen molar-refractivity contribution >= 4 is 0 Å². The van der Waals surface area contributed by atoms with Crippen LogP contribution in [0.25, 0.3) is 22.3 Å². The van der Waals surface area contributed by atoms with Crippen LogP contribution in [-0.4, -0.2) is 20.4 Å². The number of phenols is 4. The van der Waals surface area contributed by atoms with Gasteiger partial charge in [-0.3, -0.25) is 0 Å². The number of fused-ring (bicyclic) bond motifs is 6. The molecule has 4 nitrogen and oxygen atoms in total. The van der Waals surface area contributed by atoms with Gasteiger partial charge in [-0.25, -0.2) is 0 Å². The molecule has 0 aliphatic heterocycles. The van der Waals surface area contributed by atoms with E-state index in [1.165, 1.54) is 44.5 Å². The average molecular weight is 761 g/mol. The fourth-order valence-electron chi connectivity index (χ4n) is 8.89. The van der Waals surface area contributed by atoms with Crippen LogP contribution in [0.1, 0.15) is 72.2 Å². The van der Waals surface area contributed by atoms with Crippen molar-refractivity contribution in [3.8, 4) is 45.3 Å². The lowest BCUT2D eigenvalue weighted by molar-refractivity contribution is 0.473. The molecule has 2 aliphatic carbocycles. The molecule has 10 rings (SSSR count). The maximum atomic E-state index is 9.85. The lowest BCUT2D eigenvalue weighted by Crippen LogP contribution is -2.28. The lowest BCUT2D eigenvalue weighted by atomic mass is 9.68. The van der Waals surface area contributed by atoms with E-state index in [-0.39, 0.29) is 23.0 Å². The highest BCUT2D eigenvalue weighted by atomic mass is 16.3. The molecule has 288 valence electrons. The molecule has 58 heavy (non-hydrogen) atoms. The number of aromatic hydroxyl groups is 4. The van der Waals surface area contributed by atoms with Gasteiger partial charge in [0, 0.05) is 0 Å². The summed E-state index contributed by atoms with van der Waals surface area (Å²) >= 11 is 0. The van der Waals surface area contributed by atoms with Crippen molar-refractivity contribution in [2.75, 3.05) is 0 Å². The molecule has 4 heteroatoms. The van der Waals surface area contributed by atoms with E-state index in [9.17, 15) is 20.4 Å². The molecule has 0 spiro atoms. The van der Waals surface area contributed by atoms with E-state index in [1.54, 1.807) is 48.5 Å². The molecular formula is C54H48O4. The molecular weight excluding hydrogens is 713 g/mol. The van der Waals surface area contributed by atoms with Crippen LogP contribution in [0.4, 0.5) is 0 Å². The van der Waals surface area contributed by atoms with E-state index in [1.807, 2.05) is 76.2 Å². The minimum atomic E-state index is -0.491. The third-order valence-corrected chi connectivity index (χ3v) is 11.1. The highest BCUT2D eigenvalue weighted by Gasteiger charge is 2.47. The molecule has 0 unspecified atom stereocenters. The minimum absolute atomic E-state index is 0.249. The van der Waals surface area contributed by atoms with Crippen molar-refractivity contribution in [2.24, 2.45) is 0 Å². The quantitative estimate of drug-likeness (QED) is 0.144. The number of rotatable bonds is 4. The lowest BCUT2D eigenvalue weighted by Gasteiger charge is -2.33. The van der Waals surface area contributed by atoms with Gasteiger partial charge in [0.1, 0.15) is 23.0 Å². The molecule has 8 aromatic carbocycles. The van der Waals surface area contributed by atoms with Gasteiger partial charge >= 0.3 is 0 Å². The van der Waals surface area contributed by atoms with Gasteiger partial charge in [0.2, 0.25) is 0 Å². The van der Waals surface area contributed by atoms with E-state index in [4.69, 9.17) is 0 Å². The van der Waals surface area contributed by atoms with Crippen molar-refractivity contribution in [2.45, 2.75) is 38.5 Å². The molecule has 4 N–H and O–H groups in total. The fourth-order valence-corrected chi connectivity index (χ4v) is 8.89. The Bertz CT molecular complexity index is 2250. The summed E-state index contributed by atoms with van der Waals surface area (Å²) in [5.74, 6) is 0.997. The Morgan fingerprint density at radius 1 is 0.241 bits per heavy atom. The van der Waals surface area contributed by atoms with Crippen LogP contribution >= 0.6 is 0 Å².